The summed E-state index contributed by atoms with van der Waals surface area (Å²) in [5.41, 5.74) is 0.0618. The summed E-state index contributed by atoms with van der Waals surface area (Å²) < 4.78 is 4.79. The first-order valence-corrected chi connectivity index (χ1v) is 6.00. The fourth-order valence-electron chi connectivity index (χ4n) is 1.75. The summed E-state index contributed by atoms with van der Waals surface area (Å²) in [6, 6.07) is 0. The zero-order chi connectivity index (χ0) is 13.7. The minimum Gasteiger partial charge on any atom is -0.503 e. The van der Waals surface area contributed by atoms with Gasteiger partial charge in [0.05, 0.1) is 13.2 Å². The van der Waals surface area contributed by atoms with Crippen LogP contribution in [0.25, 0.3) is 0 Å². The van der Waals surface area contributed by atoms with E-state index in [1.54, 1.807) is 6.92 Å². The third kappa shape index (κ3) is 3.46. The van der Waals surface area contributed by atoms with Gasteiger partial charge in [-0.05, 0) is 34.0 Å². The lowest BCUT2D eigenvalue weighted by Gasteiger charge is -2.17. The summed E-state index contributed by atoms with van der Waals surface area (Å²) in [6.07, 6.45) is 0.794. The minimum absolute atomic E-state index is 0.0618. The molecule has 1 aliphatic rings. The van der Waals surface area contributed by atoms with Crippen molar-refractivity contribution in [1.82, 2.24) is 9.80 Å². The number of hydrogen-bond donors (Lipinski definition) is 1. The van der Waals surface area contributed by atoms with Crippen molar-refractivity contribution in [1.29, 1.82) is 0 Å². The molecule has 1 amide bonds. The SMILES string of the molecule is CCOC(=O)C1=C(O)C(=O)N(CCCN(C)C)C1. The van der Waals surface area contributed by atoms with Crippen LogP contribution in [-0.4, -0.2) is 67.1 Å². The lowest BCUT2D eigenvalue weighted by molar-refractivity contribution is -0.138. The Morgan fingerprint density at radius 3 is 2.72 bits per heavy atom. The highest BCUT2D eigenvalue weighted by Crippen LogP contribution is 2.18. The van der Waals surface area contributed by atoms with E-state index in [0.717, 1.165) is 13.0 Å². The van der Waals surface area contributed by atoms with Crippen molar-refractivity contribution in [2.45, 2.75) is 13.3 Å². The standard InChI is InChI=1S/C12H20N2O4/c1-4-18-12(17)9-8-14(11(16)10(9)15)7-5-6-13(2)3/h15H,4-8H2,1-3H3. The van der Waals surface area contributed by atoms with Gasteiger partial charge in [0.2, 0.25) is 0 Å². The summed E-state index contributed by atoms with van der Waals surface area (Å²) in [4.78, 5) is 26.7. The van der Waals surface area contributed by atoms with E-state index >= 15 is 0 Å². The molecule has 0 aliphatic carbocycles. The van der Waals surface area contributed by atoms with E-state index in [1.165, 1.54) is 4.90 Å². The maximum absolute atomic E-state index is 11.7. The monoisotopic (exact) mass is 256 g/mol. The van der Waals surface area contributed by atoms with E-state index in [2.05, 4.69) is 0 Å². The first-order chi connectivity index (χ1) is 8.47. The number of esters is 1. The molecule has 102 valence electrons. The molecule has 0 saturated carbocycles. The van der Waals surface area contributed by atoms with Crippen molar-refractivity contribution < 1.29 is 19.4 Å². The second-order valence-corrected chi connectivity index (χ2v) is 4.43. The van der Waals surface area contributed by atoms with Gasteiger partial charge in [-0.15, -0.1) is 0 Å². The van der Waals surface area contributed by atoms with Gasteiger partial charge in [0.1, 0.15) is 5.57 Å². The summed E-state index contributed by atoms with van der Waals surface area (Å²) in [6.45, 7) is 3.41. The van der Waals surface area contributed by atoms with Gasteiger partial charge in [0, 0.05) is 6.54 Å². The van der Waals surface area contributed by atoms with Crippen LogP contribution in [0.3, 0.4) is 0 Å². The lowest BCUT2D eigenvalue weighted by Crippen LogP contribution is -2.30. The molecule has 0 aromatic rings. The number of rotatable bonds is 6. The van der Waals surface area contributed by atoms with Crippen LogP contribution in [-0.2, 0) is 14.3 Å². The Labute approximate surface area is 107 Å². The van der Waals surface area contributed by atoms with Gasteiger partial charge >= 0.3 is 5.97 Å². The fraction of sp³-hybridized carbons (Fsp3) is 0.667. The quantitative estimate of drug-likeness (QED) is 0.685. The largest absolute Gasteiger partial charge is 0.503 e. The predicted molar refractivity (Wildman–Crippen MR) is 66.0 cm³/mol. The maximum atomic E-state index is 11.7. The highest BCUT2D eigenvalue weighted by Gasteiger charge is 2.34. The first kappa shape index (κ1) is 14.5. The highest BCUT2D eigenvalue weighted by molar-refractivity contribution is 6.05. The third-order valence-electron chi connectivity index (χ3n) is 2.68. The average molecular weight is 256 g/mol. The molecule has 0 unspecified atom stereocenters. The second kappa shape index (κ2) is 6.39. The lowest BCUT2D eigenvalue weighted by atomic mass is 10.2. The third-order valence-corrected chi connectivity index (χ3v) is 2.68. The highest BCUT2D eigenvalue weighted by atomic mass is 16.5. The van der Waals surface area contributed by atoms with Crippen LogP contribution in [0.5, 0.6) is 0 Å². The van der Waals surface area contributed by atoms with Crippen molar-refractivity contribution in [2.24, 2.45) is 0 Å². The van der Waals surface area contributed by atoms with Gasteiger partial charge in [0.25, 0.3) is 5.91 Å². The van der Waals surface area contributed by atoms with E-state index in [0.29, 0.717) is 6.54 Å². The molecule has 0 aromatic heterocycles. The van der Waals surface area contributed by atoms with E-state index in [-0.39, 0.29) is 18.7 Å². The Morgan fingerprint density at radius 2 is 2.17 bits per heavy atom. The number of amides is 1. The molecule has 1 heterocycles. The molecule has 0 spiro atoms. The second-order valence-electron chi connectivity index (χ2n) is 4.43. The Balaban J connectivity index is 2.54. The molecular formula is C12H20N2O4. The van der Waals surface area contributed by atoms with Gasteiger partial charge in [0.15, 0.2) is 5.76 Å². The van der Waals surface area contributed by atoms with Gasteiger partial charge < -0.3 is 19.6 Å². The molecule has 0 bridgehead atoms. The summed E-state index contributed by atoms with van der Waals surface area (Å²) in [7, 11) is 3.90. The fourth-order valence-corrected chi connectivity index (χ4v) is 1.75. The molecule has 18 heavy (non-hydrogen) atoms. The first-order valence-electron chi connectivity index (χ1n) is 6.00. The summed E-state index contributed by atoms with van der Waals surface area (Å²) >= 11 is 0. The average Bonchev–Trinajstić information content (AvgIpc) is 2.57. The minimum atomic E-state index is -0.613. The number of aliphatic hydroxyl groups is 1. The Morgan fingerprint density at radius 1 is 1.50 bits per heavy atom. The molecule has 1 rings (SSSR count). The number of ether oxygens (including phenoxy) is 1. The molecule has 0 fully saturated rings. The Hall–Kier alpha value is -1.56. The number of carbonyl (C=O) groups excluding carboxylic acids is 2. The van der Waals surface area contributed by atoms with Crippen LogP contribution in [0.1, 0.15) is 13.3 Å². The van der Waals surface area contributed by atoms with Crippen LogP contribution in [0.15, 0.2) is 11.3 Å². The topological polar surface area (TPSA) is 70.1 Å². The molecule has 1 aliphatic heterocycles. The zero-order valence-electron chi connectivity index (χ0n) is 11.1. The predicted octanol–water partition coefficient (Wildman–Crippen LogP) is 0.156. The smallest absolute Gasteiger partial charge is 0.339 e. The molecule has 0 radical (unpaired) electrons. The number of aliphatic hydroxyl groups excluding tert-OH is 1. The van der Waals surface area contributed by atoms with Crippen LogP contribution in [0.2, 0.25) is 0 Å². The number of nitrogens with zero attached hydrogens (tertiary/aromatic N) is 2. The normalized spacial score (nSPS) is 15.8. The van der Waals surface area contributed by atoms with Gasteiger partial charge in [-0.1, -0.05) is 0 Å². The van der Waals surface area contributed by atoms with Gasteiger partial charge in [-0.25, -0.2) is 4.79 Å². The molecule has 1 N–H and O–H groups in total. The van der Waals surface area contributed by atoms with Crippen LogP contribution in [0.4, 0.5) is 0 Å². The number of hydrogen-bond acceptors (Lipinski definition) is 5. The van der Waals surface area contributed by atoms with E-state index in [4.69, 9.17) is 4.74 Å². The van der Waals surface area contributed by atoms with Crippen molar-refractivity contribution in [3.63, 3.8) is 0 Å². The van der Waals surface area contributed by atoms with E-state index in [9.17, 15) is 14.7 Å². The van der Waals surface area contributed by atoms with Crippen molar-refractivity contribution in [2.75, 3.05) is 40.3 Å². The zero-order valence-corrected chi connectivity index (χ0v) is 11.1. The van der Waals surface area contributed by atoms with Gasteiger partial charge in [-0.3, -0.25) is 4.79 Å². The maximum Gasteiger partial charge on any atom is 0.339 e. The van der Waals surface area contributed by atoms with E-state index < -0.39 is 17.6 Å². The van der Waals surface area contributed by atoms with Crippen molar-refractivity contribution in [3.05, 3.63) is 11.3 Å². The molecule has 0 aromatic carbocycles. The molecule has 6 nitrogen and oxygen atoms in total. The van der Waals surface area contributed by atoms with Crippen LogP contribution < -0.4 is 0 Å². The van der Waals surface area contributed by atoms with Crippen LogP contribution >= 0.6 is 0 Å². The van der Waals surface area contributed by atoms with Gasteiger partial charge in [-0.2, -0.15) is 0 Å². The Kier molecular flexibility index (Phi) is 5.15. The van der Waals surface area contributed by atoms with Crippen molar-refractivity contribution in [3.8, 4) is 0 Å². The Bertz CT molecular complexity index is 363. The summed E-state index contributed by atoms with van der Waals surface area (Å²) in [5.74, 6) is -1.58. The molecule has 0 atom stereocenters. The summed E-state index contributed by atoms with van der Waals surface area (Å²) in [5, 5.41) is 9.61. The number of carbonyl (C=O) groups is 2. The van der Waals surface area contributed by atoms with E-state index in [1.807, 2.05) is 19.0 Å². The molecular weight excluding hydrogens is 236 g/mol. The van der Waals surface area contributed by atoms with Crippen molar-refractivity contribution >= 4 is 11.9 Å². The molecule has 0 saturated heterocycles. The van der Waals surface area contributed by atoms with Crippen LogP contribution in [0, 0.1) is 0 Å². The molecule has 6 heteroatoms.